The van der Waals surface area contributed by atoms with E-state index in [1.54, 1.807) is 42.5 Å². The molecule has 0 aliphatic rings. The zero-order valence-corrected chi connectivity index (χ0v) is 16.0. The van der Waals surface area contributed by atoms with Crippen LogP contribution in [0.5, 0.6) is 11.5 Å². The van der Waals surface area contributed by atoms with Crippen LogP contribution in [0.2, 0.25) is 0 Å². The zero-order chi connectivity index (χ0) is 19.1. The first-order valence-corrected chi connectivity index (χ1v) is 9.19. The zero-order valence-electron chi connectivity index (χ0n) is 14.4. The Balaban J connectivity index is 1.59. The van der Waals surface area contributed by atoms with Crippen LogP contribution in [-0.4, -0.2) is 18.9 Å². The molecular weight excluding hydrogens is 408 g/mol. The van der Waals surface area contributed by atoms with Gasteiger partial charge >= 0.3 is 5.97 Å². The molecule has 3 rings (SSSR count). The third-order valence-corrected chi connectivity index (χ3v) is 4.51. The summed E-state index contributed by atoms with van der Waals surface area (Å²) in [7, 11) is 0. The average molecular weight is 425 g/mol. The quantitative estimate of drug-likeness (QED) is 0.300. The predicted molar refractivity (Wildman–Crippen MR) is 107 cm³/mol. The molecule has 0 N–H and O–H groups in total. The van der Waals surface area contributed by atoms with E-state index in [0.717, 1.165) is 12.7 Å². The molecule has 0 aromatic heterocycles. The van der Waals surface area contributed by atoms with Crippen molar-refractivity contribution < 1.29 is 19.1 Å². The van der Waals surface area contributed by atoms with Crippen molar-refractivity contribution >= 4 is 28.2 Å². The first-order valence-electron chi connectivity index (χ1n) is 8.39. The van der Waals surface area contributed by atoms with Crippen LogP contribution >= 0.6 is 15.9 Å². The van der Waals surface area contributed by atoms with Crippen LogP contribution in [0, 0.1) is 0 Å². The highest BCUT2D eigenvalue weighted by atomic mass is 79.9. The number of aldehydes is 1. The molecule has 0 fully saturated rings. The van der Waals surface area contributed by atoms with Gasteiger partial charge in [-0.15, -0.1) is 0 Å². The lowest BCUT2D eigenvalue weighted by molar-refractivity contribution is 0.0734. The maximum Gasteiger partial charge on any atom is 0.343 e. The molecule has 3 aromatic rings. The largest absolute Gasteiger partial charge is 0.492 e. The Morgan fingerprint density at radius 2 is 1.70 bits per heavy atom. The normalized spacial score (nSPS) is 10.3. The highest BCUT2D eigenvalue weighted by Crippen LogP contribution is 2.27. The van der Waals surface area contributed by atoms with Crippen LogP contribution < -0.4 is 9.47 Å². The minimum Gasteiger partial charge on any atom is -0.492 e. The van der Waals surface area contributed by atoms with Gasteiger partial charge in [-0.2, -0.15) is 0 Å². The summed E-state index contributed by atoms with van der Waals surface area (Å²) in [5.41, 5.74) is 2.13. The van der Waals surface area contributed by atoms with Crippen molar-refractivity contribution in [2.75, 3.05) is 6.61 Å². The van der Waals surface area contributed by atoms with Gasteiger partial charge in [0.2, 0.25) is 0 Å². The molecule has 0 bridgehead atoms. The Hall–Kier alpha value is -2.92. The summed E-state index contributed by atoms with van der Waals surface area (Å²) in [4.78, 5) is 22.9. The van der Waals surface area contributed by atoms with Crippen LogP contribution in [0.3, 0.4) is 0 Å². The second kappa shape index (κ2) is 9.14. The van der Waals surface area contributed by atoms with Gasteiger partial charge in [0.15, 0.2) is 0 Å². The van der Waals surface area contributed by atoms with E-state index in [4.69, 9.17) is 9.47 Å². The standard InChI is InChI=1S/C22H17BrO4/c23-20-14-18(22(25)27-19-9-6-17(15-24)7-10-19)8-11-21(20)26-13-12-16-4-2-1-3-5-16/h1-11,14-15H,12-13H2. The average Bonchev–Trinajstić information content (AvgIpc) is 2.70. The van der Waals surface area contributed by atoms with E-state index in [-0.39, 0.29) is 0 Å². The molecule has 0 saturated heterocycles. The van der Waals surface area contributed by atoms with Crippen LogP contribution in [-0.2, 0) is 6.42 Å². The summed E-state index contributed by atoms with van der Waals surface area (Å²) in [6, 6.07) is 21.5. The molecule has 27 heavy (non-hydrogen) atoms. The van der Waals surface area contributed by atoms with Gasteiger partial charge in [0.25, 0.3) is 0 Å². The lowest BCUT2D eigenvalue weighted by atomic mass is 10.2. The van der Waals surface area contributed by atoms with Crippen LogP contribution in [0.4, 0.5) is 0 Å². The van der Waals surface area contributed by atoms with Crippen molar-refractivity contribution in [1.29, 1.82) is 0 Å². The number of ether oxygens (including phenoxy) is 2. The number of hydrogen-bond donors (Lipinski definition) is 0. The SMILES string of the molecule is O=Cc1ccc(OC(=O)c2ccc(OCCc3ccccc3)c(Br)c2)cc1. The van der Waals surface area contributed by atoms with Gasteiger partial charge in [0.1, 0.15) is 17.8 Å². The number of esters is 1. The maximum atomic E-state index is 12.3. The number of hydrogen-bond acceptors (Lipinski definition) is 4. The first-order chi connectivity index (χ1) is 13.2. The Labute approximate surface area is 165 Å². The van der Waals surface area contributed by atoms with E-state index >= 15 is 0 Å². The Kier molecular flexibility index (Phi) is 6.39. The monoisotopic (exact) mass is 424 g/mol. The smallest absolute Gasteiger partial charge is 0.343 e. The number of halogens is 1. The molecule has 0 amide bonds. The summed E-state index contributed by atoms with van der Waals surface area (Å²) >= 11 is 3.43. The summed E-state index contributed by atoms with van der Waals surface area (Å²) in [6.07, 6.45) is 1.53. The van der Waals surface area contributed by atoms with E-state index in [2.05, 4.69) is 28.1 Å². The minimum absolute atomic E-state index is 0.380. The first kappa shape index (κ1) is 18.9. The van der Waals surface area contributed by atoms with Crippen molar-refractivity contribution in [2.45, 2.75) is 6.42 Å². The van der Waals surface area contributed by atoms with Crippen molar-refractivity contribution in [1.82, 2.24) is 0 Å². The van der Waals surface area contributed by atoms with Gasteiger partial charge in [-0.1, -0.05) is 30.3 Å². The highest BCUT2D eigenvalue weighted by molar-refractivity contribution is 9.10. The molecule has 0 radical (unpaired) electrons. The Bertz CT molecular complexity index is 921. The molecule has 3 aromatic carbocycles. The molecule has 0 aliphatic heterocycles. The molecular formula is C22H17BrO4. The number of carbonyl (C=O) groups excluding carboxylic acids is 2. The number of carbonyl (C=O) groups is 2. The lowest BCUT2D eigenvalue weighted by Crippen LogP contribution is -2.09. The molecule has 0 saturated carbocycles. The number of rotatable bonds is 7. The van der Waals surface area contributed by atoms with Crippen molar-refractivity contribution in [3.05, 3.63) is 94.0 Å². The summed E-state index contributed by atoms with van der Waals surface area (Å²) in [6.45, 7) is 0.537. The van der Waals surface area contributed by atoms with E-state index in [9.17, 15) is 9.59 Å². The van der Waals surface area contributed by atoms with E-state index in [1.165, 1.54) is 5.56 Å². The van der Waals surface area contributed by atoms with Gasteiger partial charge < -0.3 is 9.47 Å². The minimum atomic E-state index is -0.481. The maximum absolute atomic E-state index is 12.3. The second-order valence-electron chi connectivity index (χ2n) is 5.81. The highest BCUT2D eigenvalue weighted by Gasteiger charge is 2.12. The second-order valence-corrected chi connectivity index (χ2v) is 6.66. The van der Waals surface area contributed by atoms with Gasteiger partial charge in [-0.05, 0) is 64.0 Å². The van der Waals surface area contributed by atoms with Crippen molar-refractivity contribution in [2.24, 2.45) is 0 Å². The predicted octanol–water partition coefficient (Wildman–Crippen LogP) is 5.10. The fourth-order valence-corrected chi connectivity index (χ4v) is 2.94. The van der Waals surface area contributed by atoms with E-state index < -0.39 is 5.97 Å². The summed E-state index contributed by atoms with van der Waals surface area (Å²) in [5.74, 6) is 0.563. The molecule has 0 aliphatic carbocycles. The molecule has 0 heterocycles. The fraction of sp³-hybridized carbons (Fsp3) is 0.0909. The van der Waals surface area contributed by atoms with Crippen molar-refractivity contribution in [3.63, 3.8) is 0 Å². The van der Waals surface area contributed by atoms with Crippen LogP contribution in [0.15, 0.2) is 77.3 Å². The fourth-order valence-electron chi connectivity index (χ4n) is 2.45. The van der Waals surface area contributed by atoms with E-state index in [1.807, 2.05) is 18.2 Å². The van der Waals surface area contributed by atoms with Crippen LogP contribution in [0.1, 0.15) is 26.3 Å². The Morgan fingerprint density at radius 3 is 2.37 bits per heavy atom. The molecule has 0 atom stereocenters. The lowest BCUT2D eigenvalue weighted by Gasteiger charge is -2.10. The summed E-state index contributed by atoms with van der Waals surface area (Å²) in [5, 5.41) is 0. The van der Waals surface area contributed by atoms with Gasteiger partial charge in [-0.3, -0.25) is 4.79 Å². The molecule has 4 nitrogen and oxygen atoms in total. The van der Waals surface area contributed by atoms with Crippen LogP contribution in [0.25, 0.3) is 0 Å². The molecule has 136 valence electrons. The van der Waals surface area contributed by atoms with Gasteiger partial charge in [0, 0.05) is 12.0 Å². The molecule has 5 heteroatoms. The van der Waals surface area contributed by atoms with E-state index in [0.29, 0.717) is 33.7 Å². The Morgan fingerprint density at radius 1 is 0.963 bits per heavy atom. The van der Waals surface area contributed by atoms with Gasteiger partial charge in [0.05, 0.1) is 16.6 Å². The summed E-state index contributed by atoms with van der Waals surface area (Å²) < 4.78 is 11.8. The van der Waals surface area contributed by atoms with Crippen molar-refractivity contribution in [3.8, 4) is 11.5 Å². The topological polar surface area (TPSA) is 52.6 Å². The molecule has 0 unspecified atom stereocenters. The van der Waals surface area contributed by atoms with Gasteiger partial charge in [-0.25, -0.2) is 4.79 Å². The third-order valence-electron chi connectivity index (χ3n) is 3.89. The molecule has 0 spiro atoms. The number of benzene rings is 3. The third kappa shape index (κ3) is 5.28.